The Morgan fingerprint density at radius 2 is 2.11 bits per heavy atom. The van der Waals surface area contributed by atoms with E-state index in [0.29, 0.717) is 29.3 Å². The number of rotatable bonds is 4. The van der Waals surface area contributed by atoms with Gasteiger partial charge in [-0.2, -0.15) is 11.8 Å². The first-order chi connectivity index (χ1) is 13.5. The lowest BCUT2D eigenvalue weighted by Crippen LogP contribution is -2.56. The number of hydrogen-bond acceptors (Lipinski definition) is 6. The van der Waals surface area contributed by atoms with Gasteiger partial charge in [0, 0.05) is 54.7 Å². The van der Waals surface area contributed by atoms with E-state index in [1.807, 2.05) is 12.1 Å². The molecule has 148 valence electrons. The predicted octanol–water partition coefficient (Wildman–Crippen LogP) is 0.385. The van der Waals surface area contributed by atoms with Gasteiger partial charge in [0.1, 0.15) is 6.04 Å². The molecule has 1 aromatic rings. The fraction of sp³-hybridized carbons (Fsp3) is 0.550. The van der Waals surface area contributed by atoms with Crippen LogP contribution in [0, 0.1) is 0 Å². The maximum absolute atomic E-state index is 12.7. The Bertz CT molecular complexity index is 854. The SMILES string of the molecule is O=C1CCC(N2Cc3cc(CNC4CSC5(CNC5)C4)ccc3C2=O)C(=O)N1. The molecule has 2 unspecified atom stereocenters. The van der Waals surface area contributed by atoms with E-state index in [2.05, 4.69) is 33.8 Å². The van der Waals surface area contributed by atoms with Crippen molar-refractivity contribution in [1.29, 1.82) is 0 Å². The molecule has 0 aliphatic carbocycles. The van der Waals surface area contributed by atoms with Gasteiger partial charge < -0.3 is 15.5 Å². The van der Waals surface area contributed by atoms with Gasteiger partial charge in [-0.15, -0.1) is 0 Å². The maximum Gasteiger partial charge on any atom is 0.255 e. The molecule has 4 heterocycles. The van der Waals surface area contributed by atoms with Crippen LogP contribution >= 0.6 is 11.8 Å². The summed E-state index contributed by atoms with van der Waals surface area (Å²) < 4.78 is 0.449. The Labute approximate surface area is 168 Å². The normalized spacial score (nSPS) is 28.4. The fourth-order valence-electron chi connectivity index (χ4n) is 4.63. The van der Waals surface area contributed by atoms with Crippen molar-refractivity contribution in [2.75, 3.05) is 18.8 Å². The van der Waals surface area contributed by atoms with E-state index in [-0.39, 0.29) is 24.1 Å². The minimum Gasteiger partial charge on any atom is -0.322 e. The van der Waals surface area contributed by atoms with Gasteiger partial charge in [-0.05, 0) is 30.0 Å². The molecule has 7 nitrogen and oxygen atoms in total. The molecule has 4 aliphatic rings. The van der Waals surface area contributed by atoms with Crippen LogP contribution in [0.1, 0.15) is 40.7 Å². The van der Waals surface area contributed by atoms with Crippen LogP contribution in [0.25, 0.3) is 0 Å². The monoisotopic (exact) mass is 400 g/mol. The summed E-state index contributed by atoms with van der Waals surface area (Å²) in [5.41, 5.74) is 2.80. The third kappa shape index (κ3) is 3.13. The van der Waals surface area contributed by atoms with Gasteiger partial charge in [-0.3, -0.25) is 19.7 Å². The predicted molar refractivity (Wildman–Crippen MR) is 106 cm³/mol. The Balaban J connectivity index is 1.23. The number of nitrogens with one attached hydrogen (secondary N) is 3. The highest BCUT2D eigenvalue weighted by Crippen LogP contribution is 2.41. The van der Waals surface area contributed by atoms with Crippen LogP contribution in [-0.4, -0.2) is 58.3 Å². The highest BCUT2D eigenvalue weighted by Gasteiger charge is 2.44. The zero-order chi connectivity index (χ0) is 19.3. The first kappa shape index (κ1) is 18.1. The van der Waals surface area contributed by atoms with E-state index >= 15 is 0 Å². The molecule has 0 bridgehead atoms. The summed E-state index contributed by atoms with van der Waals surface area (Å²) in [6, 6.07) is 5.93. The van der Waals surface area contributed by atoms with E-state index < -0.39 is 6.04 Å². The van der Waals surface area contributed by atoms with Gasteiger partial charge in [0.25, 0.3) is 5.91 Å². The number of benzene rings is 1. The molecule has 3 saturated heterocycles. The lowest BCUT2D eigenvalue weighted by molar-refractivity contribution is -0.136. The largest absolute Gasteiger partial charge is 0.322 e. The summed E-state index contributed by atoms with van der Waals surface area (Å²) in [5, 5.41) is 9.38. The number of amides is 3. The molecule has 2 atom stereocenters. The summed E-state index contributed by atoms with van der Waals surface area (Å²) in [7, 11) is 0. The van der Waals surface area contributed by atoms with E-state index in [4.69, 9.17) is 0 Å². The number of imide groups is 1. The third-order valence-corrected chi connectivity index (χ3v) is 7.92. The van der Waals surface area contributed by atoms with E-state index in [9.17, 15) is 14.4 Å². The van der Waals surface area contributed by atoms with Crippen LogP contribution in [0.4, 0.5) is 0 Å². The molecule has 0 radical (unpaired) electrons. The highest BCUT2D eigenvalue weighted by molar-refractivity contribution is 8.01. The van der Waals surface area contributed by atoms with Crippen LogP contribution in [0.15, 0.2) is 18.2 Å². The van der Waals surface area contributed by atoms with Crippen LogP contribution < -0.4 is 16.0 Å². The number of piperidine rings is 1. The summed E-state index contributed by atoms with van der Waals surface area (Å²) in [6.45, 7) is 3.46. The molecule has 28 heavy (non-hydrogen) atoms. The quantitative estimate of drug-likeness (QED) is 0.634. The molecule has 3 amide bonds. The second-order valence-corrected chi connectivity index (χ2v) is 9.76. The van der Waals surface area contributed by atoms with Crippen molar-refractivity contribution in [2.45, 2.75) is 49.2 Å². The number of nitrogens with zero attached hydrogens (tertiary/aromatic N) is 1. The first-order valence-corrected chi connectivity index (χ1v) is 10.9. The molecule has 8 heteroatoms. The van der Waals surface area contributed by atoms with Crippen molar-refractivity contribution in [3.8, 4) is 0 Å². The highest BCUT2D eigenvalue weighted by atomic mass is 32.2. The lowest BCUT2D eigenvalue weighted by Gasteiger charge is -2.38. The summed E-state index contributed by atoms with van der Waals surface area (Å²) in [4.78, 5) is 37.9. The standard InChI is InChI=1S/C20H24N4O3S/c25-17-4-3-16(18(26)23-17)24-8-13-5-12(1-2-15(13)19(24)27)7-22-14-6-20(28-9-14)10-21-11-20/h1-2,5,14,16,21-22H,3-4,6-11H2,(H,23,25,26). The maximum atomic E-state index is 12.7. The average molecular weight is 401 g/mol. The van der Waals surface area contributed by atoms with Crippen LogP contribution in [0.3, 0.4) is 0 Å². The molecular weight excluding hydrogens is 376 g/mol. The molecule has 3 N–H and O–H groups in total. The number of carbonyl (C=O) groups excluding carboxylic acids is 3. The Kier molecular flexibility index (Phi) is 4.45. The van der Waals surface area contributed by atoms with Crippen molar-refractivity contribution < 1.29 is 14.4 Å². The van der Waals surface area contributed by atoms with Crippen LogP contribution in [0.5, 0.6) is 0 Å². The molecule has 1 aromatic carbocycles. The van der Waals surface area contributed by atoms with Gasteiger partial charge in [0.15, 0.2) is 0 Å². The second kappa shape index (κ2) is 6.86. The topological polar surface area (TPSA) is 90.5 Å². The van der Waals surface area contributed by atoms with Gasteiger partial charge in [-0.1, -0.05) is 12.1 Å². The van der Waals surface area contributed by atoms with Crippen molar-refractivity contribution >= 4 is 29.5 Å². The third-order valence-electron chi connectivity index (χ3n) is 6.29. The van der Waals surface area contributed by atoms with Gasteiger partial charge >= 0.3 is 0 Å². The minimum absolute atomic E-state index is 0.115. The molecular formula is C20H24N4O3S. The number of carbonyl (C=O) groups is 3. The van der Waals surface area contributed by atoms with Crippen molar-refractivity contribution in [3.63, 3.8) is 0 Å². The first-order valence-electron chi connectivity index (χ1n) is 9.88. The smallest absolute Gasteiger partial charge is 0.255 e. The summed E-state index contributed by atoms with van der Waals surface area (Å²) >= 11 is 2.07. The van der Waals surface area contributed by atoms with Gasteiger partial charge in [0.2, 0.25) is 11.8 Å². The molecule has 4 aliphatic heterocycles. The minimum atomic E-state index is -0.554. The second-order valence-electron chi connectivity index (χ2n) is 8.27. The zero-order valence-corrected chi connectivity index (χ0v) is 16.4. The number of fused-ring (bicyclic) bond motifs is 1. The van der Waals surface area contributed by atoms with E-state index in [1.165, 1.54) is 6.42 Å². The summed E-state index contributed by atoms with van der Waals surface area (Å²) in [6.07, 6.45) is 1.88. The number of hydrogen-bond donors (Lipinski definition) is 3. The van der Waals surface area contributed by atoms with Crippen molar-refractivity contribution in [2.24, 2.45) is 0 Å². The lowest BCUT2D eigenvalue weighted by atomic mass is 9.94. The van der Waals surface area contributed by atoms with Crippen LogP contribution in [-0.2, 0) is 22.7 Å². The zero-order valence-electron chi connectivity index (χ0n) is 15.6. The Morgan fingerprint density at radius 1 is 1.25 bits per heavy atom. The molecule has 0 saturated carbocycles. The van der Waals surface area contributed by atoms with Gasteiger partial charge in [-0.25, -0.2) is 0 Å². The Hall–Kier alpha value is -1.90. The molecule has 5 rings (SSSR count). The molecule has 1 spiro atoms. The molecule has 3 fully saturated rings. The van der Waals surface area contributed by atoms with E-state index in [0.717, 1.165) is 36.5 Å². The van der Waals surface area contributed by atoms with Crippen molar-refractivity contribution in [3.05, 3.63) is 34.9 Å². The fourth-order valence-corrected chi connectivity index (χ4v) is 6.14. The van der Waals surface area contributed by atoms with Gasteiger partial charge in [0.05, 0.1) is 0 Å². The summed E-state index contributed by atoms with van der Waals surface area (Å²) in [5.74, 6) is 0.408. The molecule has 0 aromatic heterocycles. The Morgan fingerprint density at radius 3 is 2.82 bits per heavy atom. The van der Waals surface area contributed by atoms with Crippen LogP contribution in [0.2, 0.25) is 0 Å². The van der Waals surface area contributed by atoms with Crippen molar-refractivity contribution in [1.82, 2.24) is 20.9 Å². The van der Waals surface area contributed by atoms with E-state index in [1.54, 1.807) is 4.90 Å². The number of thioether (sulfide) groups is 1. The average Bonchev–Trinajstić information content (AvgIpc) is 3.22.